The Morgan fingerprint density at radius 3 is 2.89 bits per heavy atom. The van der Waals surface area contributed by atoms with E-state index in [9.17, 15) is 4.79 Å². The lowest BCUT2D eigenvalue weighted by atomic mass is 9.94. The summed E-state index contributed by atoms with van der Waals surface area (Å²) in [5.74, 6) is 0.438. The van der Waals surface area contributed by atoms with E-state index in [0.717, 1.165) is 23.1 Å². The van der Waals surface area contributed by atoms with Gasteiger partial charge in [-0.15, -0.1) is 0 Å². The Bertz CT molecular complexity index is 688. The normalized spacial score (nSPS) is 18.8. The van der Waals surface area contributed by atoms with E-state index in [-0.39, 0.29) is 11.7 Å². The molecule has 0 saturated carbocycles. The van der Waals surface area contributed by atoms with Crippen molar-refractivity contribution >= 4 is 16.5 Å². The Kier molecular flexibility index (Phi) is 2.82. The monoisotopic (exact) mass is 258 g/mol. The third-order valence-electron chi connectivity index (χ3n) is 3.83. The fraction of sp³-hybridized carbons (Fsp3) is 0.400. The number of hydrogen-bond acceptors (Lipinski definition) is 3. The van der Waals surface area contributed by atoms with Crippen molar-refractivity contribution < 1.29 is 4.74 Å². The number of anilines is 1. The fourth-order valence-electron chi connectivity index (χ4n) is 2.67. The van der Waals surface area contributed by atoms with Crippen molar-refractivity contribution in [2.75, 3.05) is 5.73 Å². The first-order valence-electron chi connectivity index (χ1n) is 6.61. The van der Waals surface area contributed by atoms with Gasteiger partial charge in [-0.1, -0.05) is 13.8 Å². The Labute approximate surface area is 111 Å². The molecule has 1 unspecified atom stereocenters. The summed E-state index contributed by atoms with van der Waals surface area (Å²) in [7, 11) is 0. The van der Waals surface area contributed by atoms with Crippen molar-refractivity contribution in [1.82, 2.24) is 4.98 Å². The molecule has 1 aromatic heterocycles. The second-order valence-electron chi connectivity index (χ2n) is 5.51. The third kappa shape index (κ3) is 2.02. The van der Waals surface area contributed by atoms with E-state index in [0.29, 0.717) is 23.6 Å². The number of ether oxygens (including phenoxy) is 1. The number of fused-ring (bicyclic) bond motifs is 3. The van der Waals surface area contributed by atoms with Crippen LogP contribution in [0.2, 0.25) is 0 Å². The highest BCUT2D eigenvalue weighted by molar-refractivity contribution is 5.88. The molecule has 0 aliphatic carbocycles. The standard InChI is InChI=1S/C15H18N2O2/c1-8(2)14-6-13-12(7-19-14)11-5-9(16)3-4-10(11)15(18)17-13/h3-5,8,14H,6-7,16H2,1-2H3,(H,17,18). The van der Waals surface area contributed by atoms with Gasteiger partial charge in [0, 0.05) is 28.8 Å². The summed E-state index contributed by atoms with van der Waals surface area (Å²) in [6.45, 7) is 4.80. The van der Waals surface area contributed by atoms with Crippen LogP contribution >= 0.6 is 0 Å². The Morgan fingerprint density at radius 1 is 1.37 bits per heavy atom. The quantitative estimate of drug-likeness (QED) is 0.770. The van der Waals surface area contributed by atoms with Crippen LogP contribution in [0.5, 0.6) is 0 Å². The van der Waals surface area contributed by atoms with Gasteiger partial charge in [-0.05, 0) is 29.5 Å². The molecule has 4 heteroatoms. The number of nitrogens with one attached hydrogen (secondary N) is 1. The van der Waals surface area contributed by atoms with Gasteiger partial charge >= 0.3 is 0 Å². The summed E-state index contributed by atoms with van der Waals surface area (Å²) in [6.07, 6.45) is 0.925. The number of rotatable bonds is 1. The summed E-state index contributed by atoms with van der Waals surface area (Å²) < 4.78 is 5.89. The van der Waals surface area contributed by atoms with Crippen LogP contribution < -0.4 is 11.3 Å². The number of nitrogens with two attached hydrogens (primary N) is 1. The number of H-pyrrole nitrogens is 1. The average molecular weight is 258 g/mol. The third-order valence-corrected chi connectivity index (χ3v) is 3.83. The minimum Gasteiger partial charge on any atom is -0.399 e. The molecule has 2 heterocycles. The molecule has 3 rings (SSSR count). The first-order chi connectivity index (χ1) is 9.06. The molecule has 4 nitrogen and oxygen atoms in total. The molecule has 0 radical (unpaired) electrons. The molecule has 1 aliphatic heterocycles. The van der Waals surface area contributed by atoms with Crippen molar-refractivity contribution in [1.29, 1.82) is 0 Å². The van der Waals surface area contributed by atoms with E-state index in [4.69, 9.17) is 10.5 Å². The predicted molar refractivity (Wildman–Crippen MR) is 76.1 cm³/mol. The number of aromatic nitrogens is 1. The molecule has 1 aliphatic rings. The first-order valence-corrected chi connectivity index (χ1v) is 6.61. The van der Waals surface area contributed by atoms with Gasteiger partial charge in [0.2, 0.25) is 0 Å². The van der Waals surface area contributed by atoms with Gasteiger partial charge in [-0.25, -0.2) is 0 Å². The molecule has 1 aromatic carbocycles. The summed E-state index contributed by atoms with van der Waals surface area (Å²) >= 11 is 0. The predicted octanol–water partition coefficient (Wildman–Crippen LogP) is 2.21. The van der Waals surface area contributed by atoms with E-state index < -0.39 is 0 Å². The van der Waals surface area contributed by atoms with Crippen molar-refractivity contribution in [3.05, 3.63) is 39.8 Å². The number of aromatic amines is 1. The van der Waals surface area contributed by atoms with Gasteiger partial charge in [0.05, 0.1) is 12.7 Å². The van der Waals surface area contributed by atoms with Crippen LogP contribution in [0.3, 0.4) is 0 Å². The molecule has 19 heavy (non-hydrogen) atoms. The largest absolute Gasteiger partial charge is 0.399 e. The second-order valence-corrected chi connectivity index (χ2v) is 5.51. The molecular weight excluding hydrogens is 240 g/mol. The van der Waals surface area contributed by atoms with E-state index in [2.05, 4.69) is 18.8 Å². The maximum absolute atomic E-state index is 12.1. The first kappa shape index (κ1) is 12.2. The Balaban J connectivity index is 2.20. The summed E-state index contributed by atoms with van der Waals surface area (Å²) in [5.41, 5.74) is 8.52. The lowest BCUT2D eigenvalue weighted by Gasteiger charge is -2.28. The number of benzene rings is 1. The smallest absolute Gasteiger partial charge is 0.256 e. The van der Waals surface area contributed by atoms with E-state index >= 15 is 0 Å². The van der Waals surface area contributed by atoms with Crippen molar-refractivity contribution in [2.24, 2.45) is 5.92 Å². The molecule has 2 aromatic rings. The highest BCUT2D eigenvalue weighted by Crippen LogP contribution is 2.28. The molecule has 3 N–H and O–H groups in total. The van der Waals surface area contributed by atoms with Gasteiger partial charge in [0.25, 0.3) is 5.56 Å². The van der Waals surface area contributed by atoms with Gasteiger partial charge < -0.3 is 15.5 Å². The molecule has 1 atom stereocenters. The number of nitrogen functional groups attached to an aromatic ring is 1. The lowest BCUT2D eigenvalue weighted by molar-refractivity contribution is -0.000820. The average Bonchev–Trinajstić information content (AvgIpc) is 2.37. The van der Waals surface area contributed by atoms with E-state index in [1.807, 2.05) is 6.07 Å². The van der Waals surface area contributed by atoms with Gasteiger partial charge in [-0.2, -0.15) is 0 Å². The zero-order valence-corrected chi connectivity index (χ0v) is 11.2. The van der Waals surface area contributed by atoms with Crippen molar-refractivity contribution in [2.45, 2.75) is 33.0 Å². The van der Waals surface area contributed by atoms with Gasteiger partial charge in [-0.3, -0.25) is 4.79 Å². The zero-order valence-electron chi connectivity index (χ0n) is 11.2. The van der Waals surface area contributed by atoms with Crippen LogP contribution in [0.15, 0.2) is 23.0 Å². The topological polar surface area (TPSA) is 68.1 Å². The Morgan fingerprint density at radius 2 is 2.16 bits per heavy atom. The SMILES string of the molecule is CC(C)C1Cc2[nH]c(=O)c3ccc(N)cc3c2CO1. The summed E-state index contributed by atoms with van der Waals surface area (Å²) in [5, 5.41) is 1.60. The highest BCUT2D eigenvalue weighted by Gasteiger charge is 2.24. The number of hydrogen-bond donors (Lipinski definition) is 2. The molecule has 0 fully saturated rings. The van der Waals surface area contributed by atoms with Crippen molar-refractivity contribution in [3.8, 4) is 0 Å². The van der Waals surface area contributed by atoms with Crippen LogP contribution in [0.1, 0.15) is 25.1 Å². The van der Waals surface area contributed by atoms with E-state index in [1.165, 1.54) is 0 Å². The Hall–Kier alpha value is -1.81. The maximum Gasteiger partial charge on any atom is 0.256 e. The van der Waals surface area contributed by atoms with Crippen LogP contribution in [0.25, 0.3) is 10.8 Å². The zero-order chi connectivity index (χ0) is 13.6. The molecule has 100 valence electrons. The number of pyridine rings is 1. The van der Waals surface area contributed by atoms with Gasteiger partial charge in [0.1, 0.15) is 0 Å². The molecular formula is C15H18N2O2. The van der Waals surface area contributed by atoms with Crippen molar-refractivity contribution in [3.63, 3.8) is 0 Å². The van der Waals surface area contributed by atoms with Crippen LogP contribution in [-0.4, -0.2) is 11.1 Å². The molecule has 0 bridgehead atoms. The van der Waals surface area contributed by atoms with Crippen LogP contribution in [0.4, 0.5) is 5.69 Å². The van der Waals surface area contributed by atoms with E-state index in [1.54, 1.807) is 12.1 Å². The summed E-state index contributed by atoms with van der Waals surface area (Å²) in [4.78, 5) is 15.1. The van der Waals surface area contributed by atoms with Gasteiger partial charge in [0.15, 0.2) is 0 Å². The minimum atomic E-state index is -0.0434. The lowest BCUT2D eigenvalue weighted by Crippen LogP contribution is -2.30. The molecule has 0 saturated heterocycles. The molecule has 0 spiro atoms. The highest BCUT2D eigenvalue weighted by atomic mass is 16.5. The fourth-order valence-corrected chi connectivity index (χ4v) is 2.67. The molecule has 0 amide bonds. The minimum absolute atomic E-state index is 0.0434. The second kappa shape index (κ2) is 4.38. The van der Waals surface area contributed by atoms with Crippen LogP contribution in [0, 0.1) is 5.92 Å². The maximum atomic E-state index is 12.1. The summed E-state index contributed by atoms with van der Waals surface area (Å²) in [6, 6.07) is 5.39. The van der Waals surface area contributed by atoms with Crippen LogP contribution in [-0.2, 0) is 17.8 Å².